The molecule has 0 aliphatic carbocycles. The Morgan fingerprint density at radius 2 is 1.71 bits per heavy atom. The Balaban J connectivity index is 1.40. The molecule has 0 saturated carbocycles. The normalized spacial score (nSPS) is 19.9. The van der Waals surface area contributed by atoms with Crippen LogP contribution in [0.1, 0.15) is 49.4 Å². The predicted molar refractivity (Wildman–Crippen MR) is 118 cm³/mol. The summed E-state index contributed by atoms with van der Waals surface area (Å²) in [5.74, 6) is 0.0728. The lowest BCUT2D eigenvalue weighted by molar-refractivity contribution is -0.113. The number of fused-ring (bicyclic) bond motifs is 1. The molecule has 31 heavy (non-hydrogen) atoms. The van der Waals surface area contributed by atoms with Crippen LogP contribution in [-0.2, 0) is 17.9 Å². The van der Waals surface area contributed by atoms with E-state index >= 15 is 0 Å². The summed E-state index contributed by atoms with van der Waals surface area (Å²) >= 11 is 0. The Bertz CT molecular complexity index is 884. The average Bonchev–Trinajstić information content (AvgIpc) is 3.16. The number of aldehydes is 1. The van der Waals surface area contributed by atoms with Crippen molar-refractivity contribution in [2.24, 2.45) is 0 Å². The van der Waals surface area contributed by atoms with Gasteiger partial charge in [0.25, 0.3) is 0 Å². The molecule has 0 N–H and O–H groups in total. The molecule has 5 nitrogen and oxygen atoms in total. The summed E-state index contributed by atoms with van der Waals surface area (Å²) in [6, 6.07) is 12.1. The van der Waals surface area contributed by atoms with E-state index in [1.54, 1.807) is 12.1 Å². The van der Waals surface area contributed by atoms with Gasteiger partial charge in [-0.1, -0.05) is 24.3 Å². The number of carbonyl (C=O) groups is 1. The van der Waals surface area contributed by atoms with Gasteiger partial charge >= 0.3 is 0 Å². The van der Waals surface area contributed by atoms with E-state index in [2.05, 4.69) is 21.9 Å². The van der Waals surface area contributed by atoms with Crippen LogP contribution in [0.3, 0.4) is 0 Å². The quantitative estimate of drug-likeness (QED) is 0.588. The second kappa shape index (κ2) is 9.79. The van der Waals surface area contributed by atoms with Crippen molar-refractivity contribution in [2.75, 3.05) is 26.3 Å². The fraction of sp³-hybridized carbons (Fsp3) is 0.480. The summed E-state index contributed by atoms with van der Waals surface area (Å²) in [4.78, 5) is 16.6. The molecule has 1 fully saturated rings. The van der Waals surface area contributed by atoms with Gasteiger partial charge in [-0.05, 0) is 68.6 Å². The third kappa shape index (κ3) is 4.60. The molecular formula is C25H31FN2O3. The average molecular weight is 427 g/mol. The monoisotopic (exact) mass is 426 g/mol. The lowest BCUT2D eigenvalue weighted by Gasteiger charge is -2.38. The van der Waals surface area contributed by atoms with E-state index in [1.807, 2.05) is 26.0 Å². The SMILES string of the molecule is CCOc1cc(CN2CCC(N3Cc4ccccc4C3C=O)CC2)cc(OCC)c1F. The lowest BCUT2D eigenvalue weighted by Crippen LogP contribution is -2.44. The highest BCUT2D eigenvalue weighted by Gasteiger charge is 2.36. The van der Waals surface area contributed by atoms with Gasteiger partial charge in [-0.2, -0.15) is 4.39 Å². The highest BCUT2D eigenvalue weighted by Crippen LogP contribution is 2.36. The van der Waals surface area contributed by atoms with Gasteiger partial charge in [0, 0.05) is 19.1 Å². The summed E-state index contributed by atoms with van der Waals surface area (Å²) in [5, 5.41) is 0. The third-order valence-corrected chi connectivity index (χ3v) is 6.31. The minimum absolute atomic E-state index is 0.132. The van der Waals surface area contributed by atoms with Crippen LogP contribution in [0.15, 0.2) is 36.4 Å². The van der Waals surface area contributed by atoms with Crippen LogP contribution < -0.4 is 9.47 Å². The Kier molecular flexibility index (Phi) is 6.88. The number of hydrogen-bond donors (Lipinski definition) is 0. The van der Waals surface area contributed by atoms with Crippen molar-refractivity contribution in [3.8, 4) is 11.5 Å². The zero-order chi connectivity index (χ0) is 21.8. The number of carbonyl (C=O) groups excluding carboxylic acids is 1. The summed E-state index contributed by atoms with van der Waals surface area (Å²) in [5.41, 5.74) is 3.41. The maximum atomic E-state index is 14.5. The van der Waals surface area contributed by atoms with Gasteiger partial charge in [0.05, 0.1) is 19.3 Å². The number of likely N-dealkylation sites (tertiary alicyclic amines) is 1. The van der Waals surface area contributed by atoms with Crippen LogP contribution in [0, 0.1) is 5.82 Å². The van der Waals surface area contributed by atoms with Crippen molar-refractivity contribution >= 4 is 6.29 Å². The molecule has 2 heterocycles. The standard InChI is InChI=1S/C25H31FN2O3/c1-3-30-23-13-18(14-24(25(23)26)31-4-2)15-27-11-9-20(10-12-27)28-16-19-7-5-6-8-21(19)22(28)17-29/h5-8,13-14,17,20,22H,3-4,9-12,15-16H2,1-2H3. The molecule has 2 aromatic rings. The van der Waals surface area contributed by atoms with E-state index in [4.69, 9.17) is 9.47 Å². The lowest BCUT2D eigenvalue weighted by atomic mass is 10.0. The van der Waals surface area contributed by atoms with E-state index in [0.29, 0.717) is 19.3 Å². The number of nitrogens with zero attached hydrogens (tertiary/aromatic N) is 2. The molecule has 2 aromatic carbocycles. The predicted octanol–water partition coefficient (Wildman–Crippen LogP) is 4.34. The minimum Gasteiger partial charge on any atom is -0.491 e. The maximum Gasteiger partial charge on any atom is 0.206 e. The topological polar surface area (TPSA) is 42.0 Å². The first-order valence-electron chi connectivity index (χ1n) is 11.2. The van der Waals surface area contributed by atoms with Gasteiger partial charge in [0.2, 0.25) is 5.82 Å². The minimum atomic E-state index is -0.431. The molecule has 6 heteroatoms. The van der Waals surface area contributed by atoms with Gasteiger partial charge in [-0.15, -0.1) is 0 Å². The Morgan fingerprint density at radius 1 is 1.06 bits per heavy atom. The first-order chi connectivity index (χ1) is 15.1. The number of halogens is 1. The number of benzene rings is 2. The summed E-state index contributed by atoms with van der Waals surface area (Å²) < 4.78 is 25.5. The smallest absolute Gasteiger partial charge is 0.206 e. The summed E-state index contributed by atoms with van der Waals surface area (Å²) in [7, 11) is 0. The van der Waals surface area contributed by atoms with E-state index in [0.717, 1.165) is 56.4 Å². The zero-order valence-electron chi connectivity index (χ0n) is 18.4. The molecule has 1 unspecified atom stereocenters. The summed E-state index contributed by atoms with van der Waals surface area (Å²) in [6.07, 6.45) is 3.10. The van der Waals surface area contributed by atoms with Crippen molar-refractivity contribution in [1.82, 2.24) is 9.80 Å². The zero-order valence-corrected chi connectivity index (χ0v) is 18.4. The highest BCUT2D eigenvalue weighted by molar-refractivity contribution is 5.64. The van der Waals surface area contributed by atoms with Crippen molar-refractivity contribution in [3.63, 3.8) is 0 Å². The Morgan fingerprint density at radius 3 is 2.32 bits per heavy atom. The van der Waals surface area contributed by atoms with E-state index in [1.165, 1.54) is 5.56 Å². The molecule has 0 amide bonds. The van der Waals surface area contributed by atoms with Crippen LogP contribution in [0.2, 0.25) is 0 Å². The second-order valence-electron chi connectivity index (χ2n) is 8.23. The van der Waals surface area contributed by atoms with Gasteiger partial charge in [0.1, 0.15) is 6.29 Å². The van der Waals surface area contributed by atoms with Crippen molar-refractivity contribution in [1.29, 1.82) is 0 Å². The van der Waals surface area contributed by atoms with E-state index in [-0.39, 0.29) is 17.5 Å². The molecule has 1 atom stereocenters. The molecular weight excluding hydrogens is 395 g/mol. The number of rotatable bonds is 8. The third-order valence-electron chi connectivity index (χ3n) is 6.31. The molecule has 0 aromatic heterocycles. The number of piperidine rings is 1. The van der Waals surface area contributed by atoms with Crippen molar-refractivity contribution < 1.29 is 18.7 Å². The van der Waals surface area contributed by atoms with Gasteiger partial charge < -0.3 is 14.3 Å². The Labute approximate surface area is 183 Å². The fourth-order valence-electron chi connectivity index (χ4n) is 4.85. The maximum absolute atomic E-state index is 14.5. The van der Waals surface area contributed by atoms with Gasteiger partial charge in [-0.3, -0.25) is 9.80 Å². The molecule has 4 rings (SSSR count). The molecule has 0 bridgehead atoms. The Hall–Kier alpha value is -2.44. The number of hydrogen-bond acceptors (Lipinski definition) is 5. The van der Waals surface area contributed by atoms with E-state index < -0.39 is 5.82 Å². The number of ether oxygens (including phenoxy) is 2. The first kappa shape index (κ1) is 21.8. The van der Waals surface area contributed by atoms with Crippen LogP contribution in [0.5, 0.6) is 11.5 Å². The van der Waals surface area contributed by atoms with Gasteiger partial charge in [-0.25, -0.2) is 0 Å². The van der Waals surface area contributed by atoms with Crippen molar-refractivity contribution in [2.45, 2.75) is 51.9 Å². The molecule has 0 spiro atoms. The molecule has 2 aliphatic rings. The van der Waals surface area contributed by atoms with Crippen LogP contribution in [-0.4, -0.2) is 48.4 Å². The summed E-state index contributed by atoms with van der Waals surface area (Å²) in [6.45, 7) is 7.97. The van der Waals surface area contributed by atoms with Crippen molar-refractivity contribution in [3.05, 3.63) is 58.9 Å². The van der Waals surface area contributed by atoms with Crippen LogP contribution >= 0.6 is 0 Å². The first-order valence-corrected chi connectivity index (χ1v) is 11.2. The van der Waals surface area contributed by atoms with Gasteiger partial charge in [0.15, 0.2) is 11.5 Å². The van der Waals surface area contributed by atoms with Crippen LogP contribution in [0.4, 0.5) is 4.39 Å². The molecule has 0 radical (unpaired) electrons. The van der Waals surface area contributed by atoms with E-state index in [9.17, 15) is 9.18 Å². The molecule has 2 aliphatic heterocycles. The highest BCUT2D eigenvalue weighted by atomic mass is 19.1. The second-order valence-corrected chi connectivity index (χ2v) is 8.23. The fourth-order valence-corrected chi connectivity index (χ4v) is 4.85. The van der Waals surface area contributed by atoms with Crippen LogP contribution in [0.25, 0.3) is 0 Å². The molecule has 1 saturated heterocycles. The largest absolute Gasteiger partial charge is 0.491 e. The molecule has 166 valence electrons.